The van der Waals surface area contributed by atoms with E-state index in [1.54, 1.807) is 0 Å². The van der Waals surface area contributed by atoms with Gasteiger partial charge < -0.3 is 19.9 Å². The van der Waals surface area contributed by atoms with E-state index in [4.69, 9.17) is 4.74 Å². The molecular weight excluding hydrogens is 361 g/mol. The van der Waals surface area contributed by atoms with Crippen LogP contribution in [-0.2, 0) is 4.74 Å². The second-order valence-corrected chi connectivity index (χ2v) is 9.12. The fourth-order valence-corrected chi connectivity index (χ4v) is 5.44. The number of ether oxygens (including phenoxy) is 1. The third-order valence-electron chi connectivity index (χ3n) is 7.13. The standard InChI is InChI=1S/C20H36N3O.C2H6.K/c1-22-11-6-19(7-12-22)24-18-4-2-17(3-5-18)14-23-13-9-20(16-23)8-10-21-15-20;1-2;/h17-19H,2-16H2,1H3;1-2H3;/q-1;;+1. The summed E-state index contributed by atoms with van der Waals surface area (Å²) < 4.78 is 6.42. The third-order valence-corrected chi connectivity index (χ3v) is 7.13. The van der Waals surface area contributed by atoms with E-state index in [1.165, 1.54) is 84.1 Å². The molecule has 0 aromatic heterocycles. The van der Waals surface area contributed by atoms with Crippen molar-refractivity contribution < 1.29 is 56.1 Å². The van der Waals surface area contributed by atoms with Crippen LogP contribution in [0.15, 0.2) is 0 Å². The van der Waals surface area contributed by atoms with Gasteiger partial charge in [0.25, 0.3) is 0 Å². The molecule has 4 fully saturated rings. The van der Waals surface area contributed by atoms with Gasteiger partial charge in [-0.1, -0.05) is 20.3 Å². The Kier molecular flexibility index (Phi) is 11.3. The summed E-state index contributed by atoms with van der Waals surface area (Å²) in [6, 6.07) is 0. The van der Waals surface area contributed by atoms with Gasteiger partial charge in [0.2, 0.25) is 0 Å². The second-order valence-electron chi connectivity index (χ2n) is 9.12. The van der Waals surface area contributed by atoms with E-state index >= 15 is 0 Å². The summed E-state index contributed by atoms with van der Waals surface area (Å²) in [5.41, 5.74) is 0.578. The molecule has 3 saturated heterocycles. The van der Waals surface area contributed by atoms with Crippen molar-refractivity contribution in [2.24, 2.45) is 11.3 Å². The van der Waals surface area contributed by atoms with Crippen LogP contribution in [0.5, 0.6) is 0 Å². The molecular formula is C22H42KN3O. The molecule has 3 aliphatic heterocycles. The second kappa shape index (κ2) is 12.4. The van der Waals surface area contributed by atoms with E-state index in [1.807, 2.05) is 13.8 Å². The normalized spacial score (nSPS) is 35.7. The Balaban J connectivity index is 0.000000844. The van der Waals surface area contributed by atoms with Crippen molar-refractivity contribution in [3.8, 4) is 0 Å². The topological polar surface area (TPSA) is 29.8 Å². The molecule has 1 spiro atoms. The van der Waals surface area contributed by atoms with Gasteiger partial charge in [-0.3, -0.25) is 0 Å². The number of rotatable bonds is 4. The smallest absolute Gasteiger partial charge is 0.662 e. The van der Waals surface area contributed by atoms with Crippen molar-refractivity contribution in [3.05, 3.63) is 5.32 Å². The molecule has 27 heavy (non-hydrogen) atoms. The average molecular weight is 404 g/mol. The first-order chi connectivity index (χ1) is 12.7. The van der Waals surface area contributed by atoms with Gasteiger partial charge in [-0.2, -0.15) is 0 Å². The molecule has 1 atom stereocenters. The van der Waals surface area contributed by atoms with Crippen LogP contribution < -0.4 is 51.4 Å². The van der Waals surface area contributed by atoms with Crippen LogP contribution >= 0.6 is 0 Å². The van der Waals surface area contributed by atoms with Crippen molar-refractivity contribution >= 4 is 0 Å². The number of hydrogen-bond acceptors (Lipinski definition) is 3. The zero-order chi connectivity index (χ0) is 18.4. The van der Waals surface area contributed by atoms with Gasteiger partial charge in [-0.15, -0.1) is 13.1 Å². The van der Waals surface area contributed by atoms with Crippen molar-refractivity contribution in [3.63, 3.8) is 0 Å². The molecule has 152 valence electrons. The fourth-order valence-electron chi connectivity index (χ4n) is 5.44. The molecule has 4 aliphatic rings. The summed E-state index contributed by atoms with van der Waals surface area (Å²) in [5.74, 6) is 0.913. The monoisotopic (exact) mass is 403 g/mol. The maximum Gasteiger partial charge on any atom is 1.00 e. The molecule has 1 saturated carbocycles. The molecule has 0 amide bonds. The molecule has 5 heteroatoms. The molecule has 0 N–H and O–H groups in total. The van der Waals surface area contributed by atoms with Crippen LogP contribution in [0, 0.1) is 11.3 Å². The molecule has 3 heterocycles. The quantitative estimate of drug-likeness (QED) is 0.660. The number of hydrogen-bond donors (Lipinski definition) is 0. The molecule has 0 bridgehead atoms. The van der Waals surface area contributed by atoms with Crippen LogP contribution in [0.4, 0.5) is 0 Å². The summed E-state index contributed by atoms with van der Waals surface area (Å²) in [5, 5.41) is 4.62. The van der Waals surface area contributed by atoms with E-state index in [2.05, 4.69) is 22.2 Å². The summed E-state index contributed by atoms with van der Waals surface area (Å²) in [6.07, 6.45) is 11.6. The van der Waals surface area contributed by atoms with E-state index in [0.717, 1.165) is 19.0 Å². The van der Waals surface area contributed by atoms with Crippen molar-refractivity contribution in [1.29, 1.82) is 0 Å². The largest absolute Gasteiger partial charge is 1.00 e. The van der Waals surface area contributed by atoms with E-state index in [-0.39, 0.29) is 51.4 Å². The van der Waals surface area contributed by atoms with Gasteiger partial charge in [0.1, 0.15) is 0 Å². The Morgan fingerprint density at radius 2 is 1.59 bits per heavy atom. The van der Waals surface area contributed by atoms with Gasteiger partial charge in [-0.25, -0.2) is 0 Å². The van der Waals surface area contributed by atoms with Crippen LogP contribution in [0.25, 0.3) is 5.32 Å². The predicted octanol–water partition coefficient (Wildman–Crippen LogP) is 1.16. The van der Waals surface area contributed by atoms with Gasteiger partial charge in [-0.05, 0) is 69.9 Å². The van der Waals surface area contributed by atoms with E-state index in [9.17, 15) is 0 Å². The zero-order valence-corrected chi connectivity index (χ0v) is 21.7. The Labute approximate surface area is 210 Å². The van der Waals surface area contributed by atoms with Crippen molar-refractivity contribution in [1.82, 2.24) is 9.80 Å². The van der Waals surface area contributed by atoms with Crippen LogP contribution in [0.1, 0.15) is 65.2 Å². The molecule has 4 nitrogen and oxygen atoms in total. The minimum absolute atomic E-state index is 0. The summed E-state index contributed by atoms with van der Waals surface area (Å²) in [7, 11) is 2.23. The maximum atomic E-state index is 6.42. The first-order valence-corrected chi connectivity index (χ1v) is 11.4. The maximum absolute atomic E-state index is 6.42. The van der Waals surface area contributed by atoms with Crippen LogP contribution in [-0.4, -0.2) is 74.9 Å². The summed E-state index contributed by atoms with van der Waals surface area (Å²) in [4.78, 5) is 5.18. The van der Waals surface area contributed by atoms with Gasteiger partial charge in [0.15, 0.2) is 0 Å². The van der Waals surface area contributed by atoms with Gasteiger partial charge in [0.05, 0.1) is 12.2 Å². The Bertz CT molecular complexity index is 400. The fraction of sp³-hybridized carbons (Fsp3) is 1.00. The zero-order valence-electron chi connectivity index (χ0n) is 18.6. The summed E-state index contributed by atoms with van der Waals surface area (Å²) >= 11 is 0. The van der Waals surface area contributed by atoms with Crippen LogP contribution in [0.3, 0.4) is 0 Å². The number of piperidine rings is 1. The first-order valence-electron chi connectivity index (χ1n) is 11.4. The first kappa shape index (κ1) is 24.7. The molecule has 1 unspecified atom stereocenters. The minimum atomic E-state index is 0. The Morgan fingerprint density at radius 3 is 2.22 bits per heavy atom. The summed E-state index contributed by atoms with van der Waals surface area (Å²) in [6.45, 7) is 12.7. The van der Waals surface area contributed by atoms with Gasteiger partial charge in [0, 0.05) is 26.2 Å². The minimum Gasteiger partial charge on any atom is -0.662 e. The van der Waals surface area contributed by atoms with E-state index in [0.29, 0.717) is 17.6 Å². The Morgan fingerprint density at radius 1 is 0.926 bits per heavy atom. The van der Waals surface area contributed by atoms with Crippen molar-refractivity contribution in [2.75, 3.05) is 52.9 Å². The SMILES string of the molecule is CC.CN1CCC(OC2CCC(CN3CCC4(CC[N-]C4)C3)CC2)CC1.[K+]. The molecule has 4 rings (SSSR count). The average Bonchev–Trinajstić information content (AvgIpc) is 3.30. The Hall–Kier alpha value is 1.48. The van der Waals surface area contributed by atoms with Crippen molar-refractivity contribution in [2.45, 2.75) is 77.4 Å². The van der Waals surface area contributed by atoms with Gasteiger partial charge >= 0.3 is 51.4 Å². The predicted molar refractivity (Wildman–Crippen MR) is 110 cm³/mol. The molecule has 0 aromatic rings. The van der Waals surface area contributed by atoms with E-state index < -0.39 is 0 Å². The number of likely N-dealkylation sites (tertiary alicyclic amines) is 2. The molecule has 0 aromatic carbocycles. The molecule has 1 aliphatic carbocycles. The third kappa shape index (κ3) is 7.29. The molecule has 0 radical (unpaired) electrons. The number of nitrogens with zero attached hydrogens (tertiary/aromatic N) is 3. The van der Waals surface area contributed by atoms with Crippen LogP contribution in [0.2, 0.25) is 0 Å².